The predicted octanol–water partition coefficient (Wildman–Crippen LogP) is 2.06. The first-order valence-electron chi connectivity index (χ1n) is 5.06. The van der Waals surface area contributed by atoms with Gasteiger partial charge in [0.1, 0.15) is 5.75 Å². The van der Waals surface area contributed by atoms with Crippen LogP contribution in [-0.4, -0.2) is 12.0 Å². The summed E-state index contributed by atoms with van der Waals surface area (Å²) in [6, 6.07) is 7.70. The monoisotopic (exact) mass is 207 g/mol. The van der Waals surface area contributed by atoms with Crippen LogP contribution < -0.4 is 10.5 Å². The van der Waals surface area contributed by atoms with E-state index in [0.29, 0.717) is 11.7 Å². The Morgan fingerprint density at radius 1 is 1.20 bits per heavy atom. The van der Waals surface area contributed by atoms with Gasteiger partial charge in [0.25, 0.3) is 5.91 Å². The first kappa shape index (κ1) is 11.6. The molecule has 0 saturated carbocycles. The molecular formula is C12H17NO2. The van der Waals surface area contributed by atoms with Crippen molar-refractivity contribution in [2.75, 3.05) is 0 Å². The molecular weight excluding hydrogens is 190 g/mol. The van der Waals surface area contributed by atoms with Crippen molar-refractivity contribution in [3.8, 4) is 5.75 Å². The molecule has 0 fully saturated rings. The summed E-state index contributed by atoms with van der Waals surface area (Å²) in [5.74, 6) is 0.709. The Morgan fingerprint density at radius 2 is 1.73 bits per heavy atom. The Hall–Kier alpha value is -1.51. The fourth-order valence-corrected chi connectivity index (χ4v) is 1.19. The van der Waals surface area contributed by atoms with Gasteiger partial charge in [-0.25, -0.2) is 0 Å². The van der Waals surface area contributed by atoms with Gasteiger partial charge in [-0.1, -0.05) is 26.0 Å². The topological polar surface area (TPSA) is 52.3 Å². The van der Waals surface area contributed by atoms with Crippen LogP contribution in [0.25, 0.3) is 0 Å². The van der Waals surface area contributed by atoms with E-state index >= 15 is 0 Å². The molecule has 0 aliphatic carbocycles. The lowest BCUT2D eigenvalue weighted by Crippen LogP contribution is -2.30. The van der Waals surface area contributed by atoms with Crippen molar-refractivity contribution in [3.63, 3.8) is 0 Å². The highest BCUT2D eigenvalue weighted by molar-refractivity contribution is 5.78. The zero-order valence-electron chi connectivity index (χ0n) is 9.36. The van der Waals surface area contributed by atoms with Gasteiger partial charge in [-0.2, -0.15) is 0 Å². The van der Waals surface area contributed by atoms with Crippen LogP contribution in [0.1, 0.15) is 32.3 Å². The molecule has 1 unspecified atom stereocenters. The summed E-state index contributed by atoms with van der Waals surface area (Å²) in [7, 11) is 0. The number of nitrogens with two attached hydrogens (primary N) is 1. The van der Waals surface area contributed by atoms with Crippen LogP contribution in [0.5, 0.6) is 5.75 Å². The van der Waals surface area contributed by atoms with E-state index in [2.05, 4.69) is 13.8 Å². The summed E-state index contributed by atoms with van der Waals surface area (Å²) < 4.78 is 5.34. The van der Waals surface area contributed by atoms with Gasteiger partial charge in [0.05, 0.1) is 0 Å². The average molecular weight is 207 g/mol. The quantitative estimate of drug-likeness (QED) is 0.821. The molecule has 1 aromatic rings. The molecule has 3 heteroatoms. The summed E-state index contributed by atoms with van der Waals surface area (Å²) in [5, 5.41) is 0. The number of ether oxygens (including phenoxy) is 1. The van der Waals surface area contributed by atoms with E-state index < -0.39 is 12.0 Å². The van der Waals surface area contributed by atoms with E-state index in [1.54, 1.807) is 6.92 Å². The van der Waals surface area contributed by atoms with Crippen molar-refractivity contribution in [1.29, 1.82) is 0 Å². The van der Waals surface area contributed by atoms with Gasteiger partial charge in [-0.15, -0.1) is 0 Å². The zero-order chi connectivity index (χ0) is 11.4. The smallest absolute Gasteiger partial charge is 0.258 e. The van der Waals surface area contributed by atoms with Crippen molar-refractivity contribution >= 4 is 5.91 Å². The second kappa shape index (κ2) is 4.82. The molecule has 2 N–H and O–H groups in total. The van der Waals surface area contributed by atoms with E-state index in [1.807, 2.05) is 24.3 Å². The van der Waals surface area contributed by atoms with E-state index in [9.17, 15) is 4.79 Å². The molecule has 0 aliphatic heterocycles. The van der Waals surface area contributed by atoms with E-state index in [-0.39, 0.29) is 0 Å². The van der Waals surface area contributed by atoms with Crippen LogP contribution >= 0.6 is 0 Å². The minimum absolute atomic E-state index is 0.456. The molecule has 0 heterocycles. The van der Waals surface area contributed by atoms with Gasteiger partial charge >= 0.3 is 0 Å². The van der Waals surface area contributed by atoms with Gasteiger partial charge < -0.3 is 10.5 Å². The SMILES string of the molecule is CC(Oc1ccc(C(C)C)cc1)C(N)=O. The molecule has 1 rings (SSSR count). The fraction of sp³-hybridized carbons (Fsp3) is 0.417. The lowest BCUT2D eigenvalue weighted by molar-refractivity contribution is -0.123. The molecule has 3 nitrogen and oxygen atoms in total. The lowest BCUT2D eigenvalue weighted by Gasteiger charge is -2.12. The molecule has 0 spiro atoms. The Bertz CT molecular complexity index is 330. The second-order valence-electron chi connectivity index (χ2n) is 3.89. The first-order chi connectivity index (χ1) is 7.00. The van der Waals surface area contributed by atoms with Gasteiger partial charge in [-0.05, 0) is 30.5 Å². The lowest BCUT2D eigenvalue weighted by atomic mass is 10.0. The highest BCUT2D eigenvalue weighted by atomic mass is 16.5. The molecule has 0 saturated heterocycles. The summed E-state index contributed by atoms with van der Waals surface area (Å²) >= 11 is 0. The van der Waals surface area contributed by atoms with Gasteiger partial charge in [-0.3, -0.25) is 4.79 Å². The maximum Gasteiger partial charge on any atom is 0.258 e. The number of carbonyl (C=O) groups is 1. The maximum atomic E-state index is 10.8. The third-order valence-electron chi connectivity index (χ3n) is 2.26. The van der Waals surface area contributed by atoms with Crippen molar-refractivity contribution in [2.24, 2.45) is 5.73 Å². The molecule has 0 aliphatic rings. The normalized spacial score (nSPS) is 12.5. The summed E-state index contributed by atoms with van der Waals surface area (Å²) in [5.41, 5.74) is 6.34. The Labute approximate surface area is 90.2 Å². The van der Waals surface area contributed by atoms with Gasteiger partial charge in [0, 0.05) is 0 Å². The second-order valence-corrected chi connectivity index (χ2v) is 3.89. The van der Waals surface area contributed by atoms with Crippen LogP contribution in [0.15, 0.2) is 24.3 Å². The van der Waals surface area contributed by atoms with E-state index in [0.717, 1.165) is 0 Å². The van der Waals surface area contributed by atoms with Crippen LogP contribution in [-0.2, 0) is 4.79 Å². The van der Waals surface area contributed by atoms with Crippen LogP contribution in [0.3, 0.4) is 0 Å². The largest absolute Gasteiger partial charge is 0.481 e. The molecule has 0 aromatic heterocycles. The number of primary amides is 1. The van der Waals surface area contributed by atoms with Gasteiger partial charge in [0.2, 0.25) is 0 Å². The van der Waals surface area contributed by atoms with Gasteiger partial charge in [0.15, 0.2) is 6.10 Å². The number of benzene rings is 1. The predicted molar refractivity (Wildman–Crippen MR) is 59.8 cm³/mol. The third kappa shape index (κ3) is 3.27. The van der Waals surface area contributed by atoms with Crippen LogP contribution in [0.2, 0.25) is 0 Å². The number of rotatable bonds is 4. The Kier molecular flexibility index (Phi) is 3.72. The maximum absolute atomic E-state index is 10.8. The zero-order valence-corrected chi connectivity index (χ0v) is 9.36. The Morgan fingerprint density at radius 3 is 2.13 bits per heavy atom. The molecule has 1 aromatic carbocycles. The van der Waals surface area contributed by atoms with Crippen LogP contribution in [0, 0.1) is 0 Å². The molecule has 1 amide bonds. The Balaban J connectivity index is 2.68. The van der Waals surface area contributed by atoms with Crippen molar-refractivity contribution in [3.05, 3.63) is 29.8 Å². The summed E-state index contributed by atoms with van der Waals surface area (Å²) in [4.78, 5) is 10.8. The molecule has 0 radical (unpaired) electrons. The molecule has 0 bridgehead atoms. The number of hydrogen-bond donors (Lipinski definition) is 1. The summed E-state index contributed by atoms with van der Waals surface area (Å²) in [6.45, 7) is 5.89. The van der Waals surface area contributed by atoms with E-state index in [4.69, 9.17) is 10.5 Å². The molecule has 15 heavy (non-hydrogen) atoms. The minimum Gasteiger partial charge on any atom is -0.481 e. The highest BCUT2D eigenvalue weighted by Crippen LogP contribution is 2.19. The molecule has 82 valence electrons. The fourth-order valence-electron chi connectivity index (χ4n) is 1.19. The molecule has 1 atom stereocenters. The minimum atomic E-state index is -0.588. The summed E-state index contributed by atoms with van der Waals surface area (Å²) in [6.07, 6.45) is -0.588. The number of carbonyl (C=O) groups excluding carboxylic acids is 1. The van der Waals surface area contributed by atoms with Crippen molar-refractivity contribution in [1.82, 2.24) is 0 Å². The standard InChI is InChI=1S/C12H17NO2/c1-8(2)10-4-6-11(7-5-10)15-9(3)12(13)14/h4-9H,1-3H3,(H2,13,14). The highest BCUT2D eigenvalue weighted by Gasteiger charge is 2.09. The van der Waals surface area contributed by atoms with Crippen molar-refractivity contribution < 1.29 is 9.53 Å². The third-order valence-corrected chi connectivity index (χ3v) is 2.26. The van der Waals surface area contributed by atoms with Crippen LogP contribution in [0.4, 0.5) is 0 Å². The first-order valence-corrected chi connectivity index (χ1v) is 5.06. The number of amides is 1. The number of hydrogen-bond acceptors (Lipinski definition) is 2. The van der Waals surface area contributed by atoms with Crippen molar-refractivity contribution in [2.45, 2.75) is 32.8 Å². The van der Waals surface area contributed by atoms with E-state index in [1.165, 1.54) is 5.56 Å². The average Bonchev–Trinajstić information content (AvgIpc) is 2.18.